The van der Waals surface area contributed by atoms with Crippen LogP contribution in [-0.4, -0.2) is 33.7 Å². The van der Waals surface area contributed by atoms with Crippen LogP contribution in [-0.2, 0) is 9.53 Å². The number of carbonyl (C=O) groups is 1. The van der Waals surface area contributed by atoms with Gasteiger partial charge in [0, 0.05) is 5.75 Å². The maximum atomic E-state index is 10.1. The van der Waals surface area contributed by atoms with Crippen molar-refractivity contribution < 1.29 is 19.7 Å². The lowest BCUT2D eigenvalue weighted by atomic mass is 10.7. The number of aliphatic hydroxyl groups excluding tert-OH is 1. The molecule has 0 spiro atoms. The van der Waals surface area contributed by atoms with Crippen LogP contribution in [0.25, 0.3) is 0 Å². The van der Waals surface area contributed by atoms with E-state index in [1.165, 1.54) is 0 Å². The third kappa shape index (κ3) is 1.57. The molecule has 0 aromatic rings. The molecule has 5 heteroatoms. The smallest absolute Gasteiger partial charge is 0.343 e. The Labute approximate surface area is 55.8 Å². The average molecular weight is 150 g/mol. The number of carboxylic acid groups (broad SMARTS) is 1. The van der Waals surface area contributed by atoms with E-state index in [2.05, 4.69) is 4.74 Å². The third-order valence-corrected chi connectivity index (χ3v) is 1.97. The molecule has 0 bridgehead atoms. The monoisotopic (exact) mass is 150 g/mol. The molecule has 2 atom stereocenters. The van der Waals surface area contributed by atoms with Crippen LogP contribution in [0.3, 0.4) is 0 Å². The van der Waals surface area contributed by atoms with Gasteiger partial charge in [0.25, 0.3) is 0 Å². The van der Waals surface area contributed by atoms with Crippen LogP contribution < -0.4 is 0 Å². The van der Waals surface area contributed by atoms with Gasteiger partial charge in [-0.25, -0.2) is 4.79 Å². The first kappa shape index (κ1) is 6.85. The molecule has 1 aliphatic heterocycles. The van der Waals surface area contributed by atoms with E-state index in [9.17, 15) is 4.79 Å². The zero-order valence-corrected chi connectivity index (χ0v) is 5.30. The van der Waals surface area contributed by atoms with Gasteiger partial charge < -0.3 is 14.9 Å². The van der Waals surface area contributed by atoms with E-state index in [-0.39, 0.29) is 0 Å². The van der Waals surface area contributed by atoms with E-state index in [1.54, 1.807) is 0 Å². The molecule has 52 valence electrons. The summed E-state index contributed by atoms with van der Waals surface area (Å²) in [5.74, 6) is -0.687. The Morgan fingerprint density at radius 3 is 2.67 bits per heavy atom. The van der Waals surface area contributed by atoms with Crippen molar-refractivity contribution in [3.63, 3.8) is 0 Å². The number of aliphatic carboxylic acids is 1. The van der Waals surface area contributed by atoms with Gasteiger partial charge in [0.2, 0.25) is 5.44 Å². The summed E-state index contributed by atoms with van der Waals surface area (Å²) in [7, 11) is 0. The molecular formula is C4H6O4S. The van der Waals surface area contributed by atoms with Gasteiger partial charge in [-0.3, -0.25) is 0 Å². The van der Waals surface area contributed by atoms with Crippen LogP contribution in [0.2, 0.25) is 0 Å². The van der Waals surface area contributed by atoms with Gasteiger partial charge in [-0.05, 0) is 0 Å². The second kappa shape index (κ2) is 2.55. The minimum atomic E-state index is -1.03. The fourth-order valence-electron chi connectivity index (χ4n) is 0.520. The summed E-state index contributed by atoms with van der Waals surface area (Å²) in [5.41, 5.74) is -0.875. The number of ether oxygens (including phenoxy) is 1. The standard InChI is InChI=1S/C4H6O4S/c5-2-1-9-4(8-2)3(6)7/h2,4-5H,1H2,(H,6,7)/t2-,4+/m0/s1. The molecule has 1 aliphatic rings. The van der Waals surface area contributed by atoms with E-state index < -0.39 is 17.7 Å². The Balaban J connectivity index is 2.39. The molecule has 0 radical (unpaired) electrons. The normalized spacial score (nSPS) is 34.8. The molecule has 4 nitrogen and oxygen atoms in total. The van der Waals surface area contributed by atoms with Gasteiger partial charge in [0.05, 0.1) is 0 Å². The zero-order valence-electron chi connectivity index (χ0n) is 4.48. The molecule has 1 heterocycles. The van der Waals surface area contributed by atoms with Crippen LogP contribution in [0, 0.1) is 0 Å². The van der Waals surface area contributed by atoms with E-state index in [1.807, 2.05) is 0 Å². The zero-order chi connectivity index (χ0) is 6.85. The second-order valence-electron chi connectivity index (χ2n) is 1.59. The molecule has 9 heavy (non-hydrogen) atoms. The van der Waals surface area contributed by atoms with Crippen LogP contribution >= 0.6 is 11.8 Å². The van der Waals surface area contributed by atoms with Crippen LogP contribution in [0.4, 0.5) is 0 Å². The first-order valence-corrected chi connectivity index (χ1v) is 3.43. The van der Waals surface area contributed by atoms with Crippen molar-refractivity contribution in [2.24, 2.45) is 0 Å². The fraction of sp³-hybridized carbons (Fsp3) is 0.750. The lowest BCUT2D eigenvalue weighted by molar-refractivity contribution is -0.154. The highest BCUT2D eigenvalue weighted by Gasteiger charge is 2.29. The average Bonchev–Trinajstić information content (AvgIpc) is 2.14. The summed E-state index contributed by atoms with van der Waals surface area (Å²) in [6.07, 6.45) is -0.906. The molecular weight excluding hydrogens is 144 g/mol. The molecule has 0 saturated carbocycles. The maximum absolute atomic E-state index is 10.1. The summed E-state index contributed by atoms with van der Waals surface area (Å²) >= 11 is 1.09. The van der Waals surface area contributed by atoms with Gasteiger partial charge >= 0.3 is 5.97 Å². The summed E-state index contributed by atoms with van der Waals surface area (Å²) in [5, 5.41) is 16.9. The highest BCUT2D eigenvalue weighted by Crippen LogP contribution is 2.23. The minimum absolute atomic E-state index is 0.344. The largest absolute Gasteiger partial charge is 0.479 e. The molecule has 1 saturated heterocycles. The Kier molecular flexibility index (Phi) is 1.94. The topological polar surface area (TPSA) is 66.8 Å². The molecule has 0 aromatic carbocycles. The van der Waals surface area contributed by atoms with Gasteiger partial charge in [-0.15, -0.1) is 11.8 Å². The van der Waals surface area contributed by atoms with Crippen LogP contribution in [0.1, 0.15) is 0 Å². The van der Waals surface area contributed by atoms with Crippen molar-refractivity contribution in [3.05, 3.63) is 0 Å². The number of rotatable bonds is 1. The molecule has 0 aromatic heterocycles. The molecule has 0 unspecified atom stereocenters. The first-order chi connectivity index (χ1) is 4.20. The van der Waals surface area contributed by atoms with Crippen molar-refractivity contribution in [1.82, 2.24) is 0 Å². The maximum Gasteiger partial charge on any atom is 0.343 e. The molecule has 0 amide bonds. The van der Waals surface area contributed by atoms with Crippen LogP contribution in [0.5, 0.6) is 0 Å². The first-order valence-electron chi connectivity index (χ1n) is 2.38. The molecule has 1 fully saturated rings. The Bertz CT molecular complexity index is 126. The van der Waals surface area contributed by atoms with Gasteiger partial charge in [-0.1, -0.05) is 0 Å². The molecule has 2 N–H and O–H groups in total. The van der Waals surface area contributed by atoms with Crippen molar-refractivity contribution in [2.75, 3.05) is 5.75 Å². The summed E-state index contributed by atoms with van der Waals surface area (Å²) in [6.45, 7) is 0. The summed E-state index contributed by atoms with van der Waals surface area (Å²) in [4.78, 5) is 10.1. The number of carboxylic acids is 1. The van der Waals surface area contributed by atoms with E-state index in [0.717, 1.165) is 11.8 Å². The van der Waals surface area contributed by atoms with Gasteiger partial charge in [0.15, 0.2) is 6.29 Å². The molecule has 0 aliphatic carbocycles. The van der Waals surface area contributed by atoms with Crippen molar-refractivity contribution in [3.8, 4) is 0 Å². The molecule has 1 rings (SSSR count). The van der Waals surface area contributed by atoms with Gasteiger partial charge in [-0.2, -0.15) is 0 Å². The number of aliphatic hydroxyl groups is 1. The number of hydrogen-bond donors (Lipinski definition) is 2. The number of hydrogen-bond acceptors (Lipinski definition) is 4. The Morgan fingerprint density at radius 2 is 2.44 bits per heavy atom. The third-order valence-electron chi connectivity index (χ3n) is 0.872. The van der Waals surface area contributed by atoms with Crippen LogP contribution in [0.15, 0.2) is 0 Å². The van der Waals surface area contributed by atoms with Gasteiger partial charge in [0.1, 0.15) is 0 Å². The Morgan fingerprint density at radius 1 is 1.78 bits per heavy atom. The minimum Gasteiger partial charge on any atom is -0.479 e. The Hall–Kier alpha value is -0.260. The van der Waals surface area contributed by atoms with E-state index in [4.69, 9.17) is 10.2 Å². The predicted octanol–water partition coefficient (Wildman–Crippen LogP) is -0.521. The number of thioether (sulfide) groups is 1. The highest BCUT2D eigenvalue weighted by atomic mass is 32.2. The lowest BCUT2D eigenvalue weighted by Crippen LogP contribution is -2.18. The van der Waals surface area contributed by atoms with E-state index in [0.29, 0.717) is 5.75 Å². The van der Waals surface area contributed by atoms with Crippen molar-refractivity contribution >= 4 is 17.7 Å². The summed E-state index contributed by atoms with van der Waals surface area (Å²) in [6, 6.07) is 0. The second-order valence-corrected chi connectivity index (χ2v) is 2.69. The van der Waals surface area contributed by atoms with E-state index >= 15 is 0 Å². The lowest BCUT2D eigenvalue weighted by Gasteiger charge is -2.01. The summed E-state index contributed by atoms with van der Waals surface area (Å²) < 4.78 is 4.54. The fourth-order valence-corrected chi connectivity index (χ4v) is 1.29. The van der Waals surface area contributed by atoms with Crippen molar-refractivity contribution in [1.29, 1.82) is 0 Å². The predicted molar refractivity (Wildman–Crippen MR) is 31.0 cm³/mol. The quantitative estimate of drug-likeness (QED) is 0.526. The highest BCUT2D eigenvalue weighted by molar-refractivity contribution is 8.00. The van der Waals surface area contributed by atoms with Crippen molar-refractivity contribution in [2.45, 2.75) is 11.7 Å². The SMILES string of the molecule is O=C(O)[C@@H]1O[C@H](O)CS1.